The van der Waals surface area contributed by atoms with Gasteiger partial charge in [-0.3, -0.25) is 0 Å². The average molecular weight is 477 g/mol. The van der Waals surface area contributed by atoms with Crippen molar-refractivity contribution in [3.05, 3.63) is 78.4 Å². The summed E-state index contributed by atoms with van der Waals surface area (Å²) in [5, 5.41) is 0. The number of benzene rings is 2. The van der Waals surface area contributed by atoms with Crippen molar-refractivity contribution in [2.45, 2.75) is 44.5 Å². The Morgan fingerprint density at radius 2 is 1.47 bits per heavy atom. The molecular weight excluding hydrogens is 448 g/mol. The zero-order valence-corrected chi connectivity index (χ0v) is 18.8. The Morgan fingerprint density at radius 1 is 0.853 bits per heavy atom. The Labute approximate surface area is 197 Å². The van der Waals surface area contributed by atoms with E-state index < -0.39 is 24.0 Å². The number of alkyl halides is 2. The fraction of sp³-hybridized carbons (Fsp3) is 0.407. The van der Waals surface area contributed by atoms with Crippen molar-refractivity contribution in [3.63, 3.8) is 0 Å². The van der Waals surface area contributed by atoms with E-state index in [1.807, 2.05) is 24.3 Å². The molecule has 1 saturated carbocycles. The maximum absolute atomic E-state index is 14.1. The van der Waals surface area contributed by atoms with Gasteiger partial charge in [0.25, 0.3) is 0 Å². The third-order valence-electron chi connectivity index (χ3n) is 6.52. The highest BCUT2D eigenvalue weighted by Gasteiger charge is 2.23. The van der Waals surface area contributed by atoms with Crippen molar-refractivity contribution in [1.29, 1.82) is 0 Å². The number of ether oxygens (including phenoxy) is 3. The molecule has 1 aliphatic heterocycles. The van der Waals surface area contributed by atoms with Crippen molar-refractivity contribution in [2.75, 3.05) is 13.2 Å². The number of hydrogen-bond donors (Lipinski definition) is 0. The first-order chi connectivity index (χ1) is 16.4. The van der Waals surface area contributed by atoms with Crippen molar-refractivity contribution in [2.24, 2.45) is 11.8 Å². The molecule has 0 spiro atoms. The van der Waals surface area contributed by atoms with Crippen LogP contribution >= 0.6 is 0 Å². The molecule has 7 heteroatoms. The predicted octanol–water partition coefficient (Wildman–Crippen LogP) is 7.24. The molecule has 0 bridgehead atoms. The molecule has 2 aromatic carbocycles. The highest BCUT2D eigenvalue weighted by Crippen LogP contribution is 2.37. The summed E-state index contributed by atoms with van der Waals surface area (Å²) in [4.78, 5) is 0. The van der Waals surface area contributed by atoms with Crippen LogP contribution in [-0.4, -0.2) is 26.1 Å². The molecule has 2 fully saturated rings. The standard InChI is InChI=1S/C27H28F4O3/c1-2-17-15-32-25(33-16-17)12-5-18-3-6-19(7-4-18)20-8-10-21(11-9-20)22-13-23(28)26(24(29)14-22)34-27(30)31/h2,5,8-14,17-19,25,27H,1,3-4,6-7,15-16H2/b12-5+. The monoisotopic (exact) mass is 476 g/mol. The molecule has 0 N–H and O–H groups in total. The Morgan fingerprint density at radius 3 is 2.03 bits per heavy atom. The van der Waals surface area contributed by atoms with Gasteiger partial charge >= 0.3 is 6.61 Å². The van der Waals surface area contributed by atoms with E-state index in [0.717, 1.165) is 37.8 Å². The van der Waals surface area contributed by atoms with Gasteiger partial charge in [-0.1, -0.05) is 36.4 Å². The summed E-state index contributed by atoms with van der Waals surface area (Å²) < 4.78 is 68.1. The van der Waals surface area contributed by atoms with Crippen LogP contribution in [0, 0.1) is 23.5 Å². The first kappa shape index (κ1) is 24.5. The van der Waals surface area contributed by atoms with Crippen LogP contribution in [0.1, 0.15) is 37.2 Å². The van der Waals surface area contributed by atoms with Gasteiger partial charge in [0.2, 0.25) is 0 Å². The Kier molecular flexibility index (Phi) is 8.06. The summed E-state index contributed by atoms with van der Waals surface area (Å²) in [7, 11) is 0. The molecule has 0 radical (unpaired) electrons. The largest absolute Gasteiger partial charge is 0.429 e. The first-order valence-electron chi connectivity index (χ1n) is 11.5. The van der Waals surface area contributed by atoms with E-state index in [9.17, 15) is 17.6 Å². The third kappa shape index (κ3) is 6.07. The third-order valence-corrected chi connectivity index (χ3v) is 6.52. The highest BCUT2D eigenvalue weighted by atomic mass is 19.3. The molecule has 182 valence electrons. The summed E-state index contributed by atoms with van der Waals surface area (Å²) >= 11 is 0. The minimum Gasteiger partial charge on any atom is -0.429 e. The number of rotatable bonds is 7. The minimum atomic E-state index is -3.29. The highest BCUT2D eigenvalue weighted by molar-refractivity contribution is 5.65. The van der Waals surface area contributed by atoms with Crippen molar-refractivity contribution >= 4 is 0 Å². The topological polar surface area (TPSA) is 27.7 Å². The van der Waals surface area contributed by atoms with Crippen LogP contribution in [0.4, 0.5) is 17.6 Å². The van der Waals surface area contributed by atoms with Crippen LogP contribution in [0.15, 0.2) is 61.2 Å². The molecule has 1 saturated heterocycles. The van der Waals surface area contributed by atoms with Crippen LogP contribution in [0.2, 0.25) is 0 Å². The summed E-state index contributed by atoms with van der Waals surface area (Å²) in [5.74, 6) is -2.22. The molecule has 0 amide bonds. The molecule has 0 unspecified atom stereocenters. The van der Waals surface area contributed by atoms with E-state index in [0.29, 0.717) is 30.6 Å². The van der Waals surface area contributed by atoms with Crippen molar-refractivity contribution < 1.29 is 31.8 Å². The van der Waals surface area contributed by atoms with Gasteiger partial charge in [-0.05, 0) is 72.4 Å². The molecule has 34 heavy (non-hydrogen) atoms. The van der Waals surface area contributed by atoms with Crippen LogP contribution in [0.5, 0.6) is 5.75 Å². The molecule has 2 aliphatic rings. The zero-order valence-electron chi connectivity index (χ0n) is 18.8. The first-order valence-corrected chi connectivity index (χ1v) is 11.5. The van der Waals surface area contributed by atoms with Crippen molar-refractivity contribution in [3.8, 4) is 16.9 Å². The van der Waals surface area contributed by atoms with Gasteiger partial charge in [-0.2, -0.15) is 8.78 Å². The fourth-order valence-electron chi connectivity index (χ4n) is 4.55. The van der Waals surface area contributed by atoms with Gasteiger partial charge in [-0.25, -0.2) is 8.78 Å². The van der Waals surface area contributed by atoms with E-state index in [2.05, 4.69) is 17.4 Å². The average Bonchev–Trinajstić information content (AvgIpc) is 2.85. The van der Waals surface area contributed by atoms with E-state index in [4.69, 9.17) is 9.47 Å². The normalized spacial score (nSPS) is 25.6. The van der Waals surface area contributed by atoms with Gasteiger partial charge in [-0.15, -0.1) is 6.58 Å². The second-order valence-corrected chi connectivity index (χ2v) is 8.80. The minimum absolute atomic E-state index is 0.253. The van der Waals surface area contributed by atoms with Gasteiger partial charge < -0.3 is 14.2 Å². The molecule has 0 aromatic heterocycles. The lowest BCUT2D eigenvalue weighted by Crippen LogP contribution is -2.29. The lowest BCUT2D eigenvalue weighted by atomic mass is 9.78. The molecule has 2 aromatic rings. The lowest BCUT2D eigenvalue weighted by molar-refractivity contribution is -0.166. The quantitative estimate of drug-likeness (QED) is 0.311. The number of hydrogen-bond acceptors (Lipinski definition) is 3. The molecule has 1 heterocycles. The SMILES string of the molecule is C=CC1COC(/C=C/C2CCC(c3ccc(-c4cc(F)c(OC(F)F)c(F)c4)cc3)CC2)OC1. The fourth-order valence-corrected chi connectivity index (χ4v) is 4.55. The Balaban J connectivity index is 1.32. The molecular formula is C27H28F4O3. The summed E-state index contributed by atoms with van der Waals surface area (Å²) in [6.45, 7) is 1.74. The van der Waals surface area contributed by atoms with Crippen LogP contribution < -0.4 is 4.74 Å². The van der Waals surface area contributed by atoms with Gasteiger partial charge in [0.1, 0.15) is 0 Å². The van der Waals surface area contributed by atoms with Gasteiger partial charge in [0, 0.05) is 5.92 Å². The zero-order chi connectivity index (χ0) is 24.1. The molecule has 1 aliphatic carbocycles. The number of allylic oxidation sites excluding steroid dienone is 1. The second kappa shape index (κ2) is 11.2. The van der Waals surface area contributed by atoms with Gasteiger partial charge in [0.15, 0.2) is 23.7 Å². The summed E-state index contributed by atoms with van der Waals surface area (Å²) in [6, 6.07) is 9.55. The smallest absolute Gasteiger partial charge is 0.387 e. The van der Waals surface area contributed by atoms with Gasteiger partial charge in [0.05, 0.1) is 13.2 Å². The van der Waals surface area contributed by atoms with Crippen molar-refractivity contribution in [1.82, 2.24) is 0 Å². The van der Waals surface area contributed by atoms with Crippen LogP contribution in [0.25, 0.3) is 11.1 Å². The number of halogens is 4. The molecule has 4 rings (SSSR count). The molecule has 3 nitrogen and oxygen atoms in total. The second-order valence-electron chi connectivity index (χ2n) is 8.80. The predicted molar refractivity (Wildman–Crippen MR) is 122 cm³/mol. The summed E-state index contributed by atoms with van der Waals surface area (Å²) in [6.07, 6.45) is 9.99. The maximum atomic E-state index is 14.1. The van der Waals surface area contributed by atoms with Crippen LogP contribution in [-0.2, 0) is 9.47 Å². The van der Waals surface area contributed by atoms with E-state index in [1.54, 1.807) is 12.1 Å². The van der Waals surface area contributed by atoms with E-state index >= 15 is 0 Å². The lowest BCUT2D eigenvalue weighted by Gasteiger charge is -2.28. The molecule has 0 atom stereocenters. The Hall–Kier alpha value is -2.64. The van der Waals surface area contributed by atoms with E-state index in [-0.39, 0.29) is 17.8 Å². The Bertz CT molecular complexity index is 966. The van der Waals surface area contributed by atoms with E-state index in [1.165, 1.54) is 5.56 Å². The summed E-state index contributed by atoms with van der Waals surface area (Å²) in [5.41, 5.74) is 2.05. The maximum Gasteiger partial charge on any atom is 0.387 e. The van der Waals surface area contributed by atoms with Crippen LogP contribution in [0.3, 0.4) is 0 Å².